The summed E-state index contributed by atoms with van der Waals surface area (Å²) in [4.78, 5) is 24.9. The van der Waals surface area contributed by atoms with Crippen LogP contribution in [0.15, 0.2) is 75.9 Å². The molecule has 1 N–H and O–H groups in total. The van der Waals surface area contributed by atoms with Gasteiger partial charge in [0.1, 0.15) is 11.3 Å². The number of alkyl halides is 3. The Balaban J connectivity index is 1.59. The maximum atomic E-state index is 12.9. The van der Waals surface area contributed by atoms with E-state index < -0.39 is 17.6 Å². The Morgan fingerprint density at radius 2 is 1.69 bits per heavy atom. The Morgan fingerprint density at radius 3 is 2.38 bits per heavy atom. The number of hydrogen-bond donors (Lipinski definition) is 1. The third kappa shape index (κ3) is 4.38. The van der Waals surface area contributed by atoms with Crippen LogP contribution in [0.5, 0.6) is 0 Å². The average molecular weight is 458 g/mol. The second-order valence-electron chi connectivity index (χ2n) is 7.20. The van der Waals surface area contributed by atoms with Crippen LogP contribution in [0.2, 0.25) is 5.02 Å². The van der Waals surface area contributed by atoms with E-state index in [-0.39, 0.29) is 21.7 Å². The largest absolute Gasteiger partial charge is 0.456 e. The lowest BCUT2D eigenvalue weighted by Crippen LogP contribution is -2.13. The lowest BCUT2D eigenvalue weighted by Gasteiger charge is -2.12. The fourth-order valence-electron chi connectivity index (χ4n) is 3.19. The highest BCUT2D eigenvalue weighted by Gasteiger charge is 2.31. The topological polar surface area (TPSA) is 59.3 Å². The smallest absolute Gasteiger partial charge is 0.416 e. The summed E-state index contributed by atoms with van der Waals surface area (Å²) >= 11 is 5.93. The molecule has 0 aliphatic carbocycles. The molecular formula is C24H15ClF3NO3. The third-order valence-electron chi connectivity index (χ3n) is 4.86. The lowest BCUT2D eigenvalue weighted by atomic mass is 10.1. The standard InChI is InChI=1S/C24H15ClF3NO3/c1-13-2-9-21-17(10-13)20(30)12-22(32-21)14-3-5-15(6-4-14)23(31)29-19-11-16(24(26,27)28)7-8-18(19)25/h2-12H,1H3,(H,29,31). The minimum atomic E-state index is -4.56. The van der Waals surface area contributed by atoms with E-state index in [1.807, 2.05) is 13.0 Å². The van der Waals surface area contributed by atoms with Gasteiger partial charge in [-0.15, -0.1) is 0 Å². The Morgan fingerprint density at radius 1 is 0.969 bits per heavy atom. The van der Waals surface area contributed by atoms with Crippen LogP contribution in [0, 0.1) is 6.92 Å². The number of aryl methyl sites for hydroxylation is 1. The van der Waals surface area contributed by atoms with E-state index in [1.54, 1.807) is 24.3 Å². The average Bonchev–Trinajstić information content (AvgIpc) is 2.75. The predicted octanol–water partition coefficient (Wildman–Crippen LogP) is 6.69. The van der Waals surface area contributed by atoms with Crippen molar-refractivity contribution < 1.29 is 22.4 Å². The summed E-state index contributed by atoms with van der Waals surface area (Å²) in [5, 5.41) is 2.85. The van der Waals surface area contributed by atoms with Crippen molar-refractivity contribution in [2.24, 2.45) is 0 Å². The van der Waals surface area contributed by atoms with Gasteiger partial charge in [0.2, 0.25) is 0 Å². The van der Waals surface area contributed by atoms with E-state index in [2.05, 4.69) is 5.32 Å². The molecule has 8 heteroatoms. The summed E-state index contributed by atoms with van der Waals surface area (Å²) in [5.41, 5.74) is 0.888. The summed E-state index contributed by atoms with van der Waals surface area (Å²) in [6.45, 7) is 1.88. The molecule has 3 aromatic carbocycles. The second-order valence-corrected chi connectivity index (χ2v) is 7.61. The second kappa shape index (κ2) is 8.16. The fourth-order valence-corrected chi connectivity index (χ4v) is 3.35. The molecule has 0 bridgehead atoms. The monoisotopic (exact) mass is 457 g/mol. The first-order valence-corrected chi connectivity index (χ1v) is 9.83. The van der Waals surface area contributed by atoms with Crippen molar-refractivity contribution in [3.05, 3.63) is 98.7 Å². The van der Waals surface area contributed by atoms with Crippen molar-refractivity contribution >= 4 is 34.2 Å². The molecule has 0 aliphatic heterocycles. The van der Waals surface area contributed by atoms with Crippen LogP contribution in [0.3, 0.4) is 0 Å². The van der Waals surface area contributed by atoms with E-state index >= 15 is 0 Å². The van der Waals surface area contributed by atoms with Gasteiger partial charge in [-0.05, 0) is 49.4 Å². The number of rotatable bonds is 3. The molecule has 4 rings (SSSR count). The normalized spacial score (nSPS) is 11.5. The van der Waals surface area contributed by atoms with Gasteiger partial charge in [-0.3, -0.25) is 9.59 Å². The molecule has 0 radical (unpaired) electrons. The highest BCUT2D eigenvalue weighted by atomic mass is 35.5. The Kier molecular flexibility index (Phi) is 5.52. The highest BCUT2D eigenvalue weighted by molar-refractivity contribution is 6.34. The van der Waals surface area contributed by atoms with Crippen molar-refractivity contribution in [1.82, 2.24) is 0 Å². The van der Waals surface area contributed by atoms with E-state index in [9.17, 15) is 22.8 Å². The Bertz CT molecular complexity index is 1390. The number of carbonyl (C=O) groups excluding carboxylic acids is 1. The SMILES string of the molecule is Cc1ccc2oc(-c3ccc(C(=O)Nc4cc(C(F)(F)F)ccc4Cl)cc3)cc(=O)c2c1. The van der Waals surface area contributed by atoms with Crippen LogP contribution in [0.4, 0.5) is 18.9 Å². The van der Waals surface area contributed by atoms with Crippen LogP contribution < -0.4 is 10.7 Å². The van der Waals surface area contributed by atoms with Crippen molar-refractivity contribution in [3.63, 3.8) is 0 Å². The van der Waals surface area contributed by atoms with E-state index in [0.717, 1.165) is 23.8 Å². The molecule has 1 heterocycles. The maximum Gasteiger partial charge on any atom is 0.416 e. The van der Waals surface area contributed by atoms with Crippen molar-refractivity contribution in [3.8, 4) is 11.3 Å². The lowest BCUT2D eigenvalue weighted by molar-refractivity contribution is -0.137. The zero-order valence-corrected chi connectivity index (χ0v) is 17.3. The van der Waals surface area contributed by atoms with E-state index in [1.165, 1.54) is 18.2 Å². The van der Waals surface area contributed by atoms with Crippen LogP contribution in [-0.2, 0) is 6.18 Å². The predicted molar refractivity (Wildman–Crippen MR) is 117 cm³/mol. The zero-order chi connectivity index (χ0) is 23.0. The molecule has 0 atom stereocenters. The Labute approximate surface area is 185 Å². The first-order chi connectivity index (χ1) is 15.1. The van der Waals surface area contributed by atoms with Crippen molar-refractivity contribution in [2.75, 3.05) is 5.32 Å². The van der Waals surface area contributed by atoms with Gasteiger partial charge in [-0.25, -0.2) is 0 Å². The molecule has 32 heavy (non-hydrogen) atoms. The molecule has 0 fully saturated rings. The summed E-state index contributed by atoms with van der Waals surface area (Å²) in [6, 6.07) is 15.5. The van der Waals surface area contributed by atoms with Gasteiger partial charge in [-0.2, -0.15) is 13.2 Å². The molecule has 4 nitrogen and oxygen atoms in total. The maximum absolute atomic E-state index is 12.9. The summed E-state index contributed by atoms with van der Waals surface area (Å²) < 4.78 is 44.6. The molecule has 0 unspecified atom stereocenters. The van der Waals surface area contributed by atoms with Crippen LogP contribution >= 0.6 is 11.6 Å². The summed E-state index contributed by atoms with van der Waals surface area (Å²) in [7, 11) is 0. The third-order valence-corrected chi connectivity index (χ3v) is 5.19. The van der Waals surface area contributed by atoms with Gasteiger partial charge in [0, 0.05) is 17.2 Å². The minimum Gasteiger partial charge on any atom is -0.456 e. The van der Waals surface area contributed by atoms with Gasteiger partial charge in [0.15, 0.2) is 5.43 Å². The van der Waals surface area contributed by atoms with E-state index in [0.29, 0.717) is 22.3 Å². The number of halogens is 4. The van der Waals surface area contributed by atoms with Gasteiger partial charge < -0.3 is 9.73 Å². The Hall–Kier alpha value is -3.58. The molecule has 0 aliphatic rings. The van der Waals surface area contributed by atoms with Crippen molar-refractivity contribution in [2.45, 2.75) is 13.1 Å². The first kappa shape index (κ1) is 21.6. The molecule has 0 saturated heterocycles. The molecule has 0 saturated carbocycles. The zero-order valence-electron chi connectivity index (χ0n) is 16.6. The molecule has 162 valence electrons. The number of nitrogens with one attached hydrogen (secondary N) is 1. The van der Waals surface area contributed by atoms with Gasteiger partial charge in [0.25, 0.3) is 5.91 Å². The van der Waals surface area contributed by atoms with Gasteiger partial charge in [0.05, 0.1) is 21.7 Å². The van der Waals surface area contributed by atoms with Gasteiger partial charge in [-0.1, -0.05) is 35.4 Å². The number of amides is 1. The van der Waals surface area contributed by atoms with Crippen LogP contribution in [-0.4, -0.2) is 5.91 Å². The van der Waals surface area contributed by atoms with Crippen LogP contribution in [0.1, 0.15) is 21.5 Å². The number of carbonyl (C=O) groups is 1. The number of hydrogen-bond acceptors (Lipinski definition) is 3. The highest BCUT2D eigenvalue weighted by Crippen LogP contribution is 2.34. The molecule has 0 spiro atoms. The molecule has 1 amide bonds. The molecule has 4 aromatic rings. The van der Waals surface area contributed by atoms with Crippen LogP contribution in [0.25, 0.3) is 22.3 Å². The fraction of sp³-hybridized carbons (Fsp3) is 0.0833. The minimum absolute atomic E-state index is 0.0175. The van der Waals surface area contributed by atoms with Crippen molar-refractivity contribution in [1.29, 1.82) is 0 Å². The van der Waals surface area contributed by atoms with Gasteiger partial charge >= 0.3 is 6.18 Å². The quantitative estimate of drug-likeness (QED) is 0.372. The first-order valence-electron chi connectivity index (χ1n) is 9.45. The van der Waals surface area contributed by atoms with E-state index in [4.69, 9.17) is 16.0 Å². The number of benzene rings is 3. The number of anilines is 1. The number of fused-ring (bicyclic) bond motifs is 1. The summed E-state index contributed by atoms with van der Waals surface area (Å²) in [5.74, 6) is -0.299. The molecular weight excluding hydrogens is 443 g/mol. The summed E-state index contributed by atoms with van der Waals surface area (Å²) in [6.07, 6.45) is -4.56. The molecule has 1 aromatic heterocycles.